The average Bonchev–Trinajstić information content (AvgIpc) is 3.54. The van der Waals surface area contributed by atoms with Gasteiger partial charge >= 0.3 is 0 Å². The highest BCUT2D eigenvalue weighted by Crippen LogP contribution is 2.58. The summed E-state index contributed by atoms with van der Waals surface area (Å²) in [4.78, 5) is 0. The van der Waals surface area contributed by atoms with Crippen molar-refractivity contribution >= 4 is 28.8 Å². The fraction of sp³-hybridized carbons (Fsp3) is 0.0690. The zero-order valence-electron chi connectivity index (χ0n) is 16.9. The second kappa shape index (κ2) is 8.25. The van der Waals surface area contributed by atoms with Crippen molar-refractivity contribution in [1.29, 1.82) is 0 Å². The predicted molar refractivity (Wildman–Crippen MR) is 131 cm³/mol. The Labute approximate surface area is 193 Å². The van der Waals surface area contributed by atoms with Gasteiger partial charge in [-0.2, -0.15) is 0 Å². The monoisotopic (exact) mass is 438 g/mol. The van der Waals surface area contributed by atoms with Gasteiger partial charge in [0.25, 0.3) is 0 Å². The van der Waals surface area contributed by atoms with Gasteiger partial charge in [-0.3, -0.25) is 0 Å². The van der Waals surface area contributed by atoms with Crippen LogP contribution in [0.3, 0.4) is 0 Å². The number of allylic oxidation sites excluding steroid dienone is 1. The van der Waals surface area contributed by atoms with E-state index in [0.717, 1.165) is 33.2 Å². The fourth-order valence-electron chi connectivity index (χ4n) is 4.23. The highest BCUT2D eigenvalue weighted by Gasteiger charge is 2.52. The van der Waals surface area contributed by atoms with Gasteiger partial charge in [0.15, 0.2) is 0 Å². The summed E-state index contributed by atoms with van der Waals surface area (Å²) in [7, 11) is 0. The van der Waals surface area contributed by atoms with Crippen LogP contribution >= 0.6 is 23.2 Å². The van der Waals surface area contributed by atoms with Crippen LogP contribution < -0.4 is 0 Å². The second-order valence-corrected chi connectivity index (χ2v) is 8.68. The molecule has 0 N–H and O–H groups in total. The molecule has 1 saturated carbocycles. The molecule has 5 rings (SSSR count). The third kappa shape index (κ3) is 3.87. The molecule has 0 saturated heterocycles. The molecule has 0 amide bonds. The van der Waals surface area contributed by atoms with Crippen molar-refractivity contribution in [2.75, 3.05) is 0 Å². The first-order valence-corrected chi connectivity index (χ1v) is 11.1. The lowest BCUT2D eigenvalue weighted by Crippen LogP contribution is -2.09. The zero-order valence-corrected chi connectivity index (χ0v) is 18.4. The fourth-order valence-corrected chi connectivity index (χ4v) is 4.48. The van der Waals surface area contributed by atoms with Gasteiger partial charge in [-0.25, -0.2) is 0 Å². The van der Waals surface area contributed by atoms with Crippen LogP contribution in [0.2, 0.25) is 10.0 Å². The lowest BCUT2D eigenvalue weighted by atomic mass is 9.87. The number of halogens is 2. The van der Waals surface area contributed by atoms with E-state index in [1.807, 2.05) is 36.4 Å². The minimum absolute atomic E-state index is 0.204. The Hall–Kier alpha value is -3.02. The van der Waals surface area contributed by atoms with Crippen LogP contribution in [0.15, 0.2) is 120 Å². The van der Waals surface area contributed by atoms with E-state index in [4.69, 9.17) is 23.2 Å². The first-order chi connectivity index (χ1) is 15.2. The largest absolute Gasteiger partial charge is 0.111 e. The maximum absolute atomic E-state index is 6.19. The molecule has 0 heterocycles. The molecule has 150 valence electrons. The molecule has 2 heteroatoms. The zero-order chi connectivity index (χ0) is 21.3. The van der Waals surface area contributed by atoms with E-state index in [-0.39, 0.29) is 5.41 Å². The quantitative estimate of drug-likeness (QED) is 0.280. The maximum atomic E-state index is 6.19. The lowest BCUT2D eigenvalue weighted by molar-refractivity contribution is 0.881. The molecule has 0 spiro atoms. The Balaban J connectivity index is 1.74. The lowest BCUT2D eigenvalue weighted by Gasteiger charge is -2.16. The summed E-state index contributed by atoms with van der Waals surface area (Å²) in [6.45, 7) is 0. The minimum Gasteiger partial charge on any atom is -0.111 e. The average molecular weight is 439 g/mol. The topological polar surface area (TPSA) is 0 Å². The van der Waals surface area contributed by atoms with E-state index in [2.05, 4.69) is 78.5 Å². The standard InChI is InChI=1S/C29H20Cl2/c30-26-15-11-23(12-16-26)29(24-13-17-27(31)18-14-24)20-25(29)19-28(21-7-3-1-4-8-21)22-9-5-2-6-10-22/h1-18H,20H2. The molecule has 0 radical (unpaired) electrons. The van der Waals surface area contributed by atoms with E-state index in [9.17, 15) is 0 Å². The first-order valence-electron chi connectivity index (χ1n) is 10.3. The summed E-state index contributed by atoms with van der Waals surface area (Å²) in [5, 5.41) is 1.48. The van der Waals surface area contributed by atoms with Crippen molar-refractivity contribution in [2.24, 2.45) is 0 Å². The van der Waals surface area contributed by atoms with Crippen molar-refractivity contribution in [3.8, 4) is 0 Å². The van der Waals surface area contributed by atoms with E-state index in [1.54, 1.807) is 0 Å². The van der Waals surface area contributed by atoms with Crippen LogP contribution in [0.5, 0.6) is 0 Å². The summed E-state index contributed by atoms with van der Waals surface area (Å²) >= 11 is 12.4. The highest BCUT2D eigenvalue weighted by atomic mass is 35.5. The number of hydrogen-bond donors (Lipinski definition) is 0. The van der Waals surface area contributed by atoms with Gasteiger partial charge in [0.1, 0.15) is 0 Å². The summed E-state index contributed by atoms with van der Waals surface area (Å²) in [6, 6.07) is 37.3. The third-order valence-corrected chi connectivity index (χ3v) is 6.41. The number of benzene rings is 4. The van der Waals surface area contributed by atoms with Gasteiger partial charge in [0.05, 0.1) is 5.41 Å². The Morgan fingerprint density at radius 1 is 0.581 bits per heavy atom. The molecule has 0 nitrogen and oxygen atoms in total. The van der Waals surface area contributed by atoms with Crippen LogP contribution in [0.25, 0.3) is 5.57 Å². The van der Waals surface area contributed by atoms with Crippen LogP contribution in [0, 0.1) is 0 Å². The first kappa shape index (κ1) is 19.9. The number of hydrogen-bond acceptors (Lipinski definition) is 0. The van der Waals surface area contributed by atoms with Crippen LogP contribution in [-0.4, -0.2) is 0 Å². The van der Waals surface area contributed by atoms with Gasteiger partial charge in [-0.15, -0.1) is 5.73 Å². The second-order valence-electron chi connectivity index (χ2n) is 7.81. The summed E-state index contributed by atoms with van der Waals surface area (Å²) in [5.41, 5.74) is 10.8. The summed E-state index contributed by atoms with van der Waals surface area (Å²) in [5.74, 6) is 0. The van der Waals surface area contributed by atoms with Gasteiger partial charge in [-0.05, 0) is 58.5 Å². The molecular weight excluding hydrogens is 419 g/mol. The molecule has 4 aromatic carbocycles. The Kier molecular flexibility index (Phi) is 5.30. The van der Waals surface area contributed by atoms with Crippen molar-refractivity contribution in [2.45, 2.75) is 11.8 Å². The molecule has 0 aliphatic heterocycles. The smallest absolute Gasteiger partial charge is 0.0530 e. The molecular formula is C29H20Cl2. The number of rotatable bonds is 4. The molecule has 4 aromatic rings. The molecule has 0 atom stereocenters. The third-order valence-electron chi connectivity index (χ3n) is 5.91. The van der Waals surface area contributed by atoms with Crippen LogP contribution in [-0.2, 0) is 5.41 Å². The summed E-state index contributed by atoms with van der Waals surface area (Å²) in [6.07, 6.45) is 0.916. The van der Waals surface area contributed by atoms with E-state index < -0.39 is 0 Å². The molecule has 31 heavy (non-hydrogen) atoms. The normalized spacial score (nSPS) is 14.1. The van der Waals surface area contributed by atoms with E-state index in [0.29, 0.717) is 0 Å². The van der Waals surface area contributed by atoms with Gasteiger partial charge in [0, 0.05) is 15.6 Å². The van der Waals surface area contributed by atoms with Crippen molar-refractivity contribution in [3.63, 3.8) is 0 Å². The van der Waals surface area contributed by atoms with Crippen LogP contribution in [0.4, 0.5) is 0 Å². The molecule has 1 aliphatic rings. The minimum atomic E-state index is -0.204. The Morgan fingerprint density at radius 3 is 1.42 bits per heavy atom. The Bertz CT molecular complexity index is 1180. The SMILES string of the molecule is Clc1ccc(C2(c3ccc(Cl)cc3)CC2=C=C(c2ccccc2)c2ccccc2)cc1. The molecule has 0 unspecified atom stereocenters. The molecule has 1 fully saturated rings. The predicted octanol–water partition coefficient (Wildman–Crippen LogP) is 8.34. The van der Waals surface area contributed by atoms with Crippen molar-refractivity contribution in [1.82, 2.24) is 0 Å². The van der Waals surface area contributed by atoms with Gasteiger partial charge in [0.2, 0.25) is 0 Å². The molecule has 1 aliphatic carbocycles. The Morgan fingerprint density at radius 2 is 1.00 bits per heavy atom. The van der Waals surface area contributed by atoms with Gasteiger partial charge in [-0.1, -0.05) is 108 Å². The van der Waals surface area contributed by atoms with E-state index in [1.165, 1.54) is 16.7 Å². The molecule has 0 bridgehead atoms. The highest BCUT2D eigenvalue weighted by molar-refractivity contribution is 6.30. The van der Waals surface area contributed by atoms with Crippen LogP contribution in [0.1, 0.15) is 28.7 Å². The van der Waals surface area contributed by atoms with Crippen molar-refractivity contribution in [3.05, 3.63) is 153 Å². The van der Waals surface area contributed by atoms with E-state index >= 15 is 0 Å². The summed E-state index contributed by atoms with van der Waals surface area (Å²) < 4.78 is 0. The molecule has 0 aromatic heterocycles. The maximum Gasteiger partial charge on any atom is 0.0530 e. The van der Waals surface area contributed by atoms with Crippen molar-refractivity contribution < 1.29 is 0 Å². The van der Waals surface area contributed by atoms with Gasteiger partial charge < -0.3 is 0 Å².